The molecule has 0 aliphatic rings. The van der Waals surface area contributed by atoms with Gasteiger partial charge in [0, 0.05) is 12.4 Å². The van der Waals surface area contributed by atoms with Gasteiger partial charge in [0.15, 0.2) is 5.65 Å². The summed E-state index contributed by atoms with van der Waals surface area (Å²) in [7, 11) is 2.04. The first-order valence-corrected chi connectivity index (χ1v) is 6.94. The Morgan fingerprint density at radius 2 is 1.57 bits per heavy atom. The molecule has 0 aliphatic heterocycles. The summed E-state index contributed by atoms with van der Waals surface area (Å²) in [5.74, 6) is 0.925. The molecule has 3 aromatic heterocycles. The van der Waals surface area contributed by atoms with Gasteiger partial charge in [0.2, 0.25) is 5.78 Å². The SMILES string of the molecule is Cn1c2ccccc2n2c3cc4ccccc4nc3nc12. The van der Waals surface area contributed by atoms with Crippen LogP contribution in [-0.2, 0) is 7.05 Å². The summed E-state index contributed by atoms with van der Waals surface area (Å²) in [6.45, 7) is 0. The summed E-state index contributed by atoms with van der Waals surface area (Å²) in [6.07, 6.45) is 0. The van der Waals surface area contributed by atoms with Crippen LogP contribution in [0.2, 0.25) is 0 Å². The van der Waals surface area contributed by atoms with E-state index in [0.717, 1.165) is 33.4 Å². The number of fused-ring (bicyclic) bond motifs is 6. The zero-order chi connectivity index (χ0) is 14.0. The molecule has 3 heterocycles. The third kappa shape index (κ3) is 1.29. The van der Waals surface area contributed by atoms with Crippen molar-refractivity contribution in [3.8, 4) is 0 Å². The summed E-state index contributed by atoms with van der Waals surface area (Å²) in [5.41, 5.74) is 5.17. The number of imidazole rings is 2. The molecule has 0 bridgehead atoms. The van der Waals surface area contributed by atoms with E-state index >= 15 is 0 Å². The fourth-order valence-electron chi connectivity index (χ4n) is 3.10. The number of aromatic nitrogens is 4. The van der Waals surface area contributed by atoms with Gasteiger partial charge >= 0.3 is 0 Å². The lowest BCUT2D eigenvalue weighted by Crippen LogP contribution is -1.87. The van der Waals surface area contributed by atoms with Crippen molar-refractivity contribution < 1.29 is 0 Å². The van der Waals surface area contributed by atoms with Crippen LogP contribution in [0.4, 0.5) is 0 Å². The minimum Gasteiger partial charge on any atom is -0.313 e. The number of rotatable bonds is 0. The second-order valence-corrected chi connectivity index (χ2v) is 5.32. The molecule has 2 aromatic carbocycles. The second-order valence-electron chi connectivity index (χ2n) is 5.32. The highest BCUT2D eigenvalue weighted by Crippen LogP contribution is 2.26. The first kappa shape index (κ1) is 10.9. The topological polar surface area (TPSA) is 35.1 Å². The molecule has 100 valence electrons. The third-order valence-electron chi connectivity index (χ3n) is 4.12. The minimum absolute atomic E-state index is 0.796. The van der Waals surface area contributed by atoms with E-state index in [4.69, 9.17) is 4.98 Å². The molecule has 0 amide bonds. The molecule has 0 fully saturated rings. The summed E-state index contributed by atoms with van der Waals surface area (Å²) >= 11 is 0. The van der Waals surface area contributed by atoms with Gasteiger partial charge in [-0.05, 0) is 24.3 Å². The Hall–Kier alpha value is -2.88. The fourth-order valence-corrected chi connectivity index (χ4v) is 3.10. The number of para-hydroxylation sites is 3. The van der Waals surface area contributed by atoms with Gasteiger partial charge in [0.1, 0.15) is 0 Å². The maximum Gasteiger partial charge on any atom is 0.217 e. The van der Waals surface area contributed by atoms with Gasteiger partial charge < -0.3 is 4.57 Å². The number of nitrogens with zero attached hydrogens (tertiary/aromatic N) is 4. The summed E-state index contributed by atoms with van der Waals surface area (Å²) in [4.78, 5) is 9.41. The first-order chi connectivity index (χ1) is 10.3. The van der Waals surface area contributed by atoms with Crippen molar-refractivity contribution in [2.45, 2.75) is 0 Å². The highest BCUT2D eigenvalue weighted by atomic mass is 15.2. The van der Waals surface area contributed by atoms with Gasteiger partial charge in [-0.15, -0.1) is 0 Å². The Bertz CT molecular complexity index is 1150. The average Bonchev–Trinajstić information content (AvgIpc) is 3.02. The molecule has 0 N–H and O–H groups in total. The highest BCUT2D eigenvalue weighted by molar-refractivity contribution is 5.95. The Morgan fingerprint density at radius 3 is 2.48 bits per heavy atom. The number of hydrogen-bond donors (Lipinski definition) is 0. The lowest BCUT2D eigenvalue weighted by atomic mass is 10.2. The van der Waals surface area contributed by atoms with Crippen molar-refractivity contribution in [1.29, 1.82) is 0 Å². The standard InChI is InChI=1S/C17H12N4/c1-20-13-8-4-5-9-14(13)21-15-10-11-6-2-3-7-12(11)18-16(15)19-17(20)21/h2-10H,1H3. The maximum atomic E-state index is 4.72. The molecule has 5 rings (SSSR count). The number of pyridine rings is 1. The normalized spacial score (nSPS) is 12.0. The van der Waals surface area contributed by atoms with Crippen LogP contribution >= 0.6 is 0 Å². The Balaban J connectivity index is 2.09. The predicted molar refractivity (Wildman–Crippen MR) is 84.5 cm³/mol. The van der Waals surface area contributed by atoms with Crippen LogP contribution in [0.3, 0.4) is 0 Å². The fraction of sp³-hybridized carbons (Fsp3) is 0.0588. The van der Waals surface area contributed by atoms with Crippen LogP contribution in [0.5, 0.6) is 0 Å². The monoisotopic (exact) mass is 272 g/mol. The van der Waals surface area contributed by atoms with Gasteiger partial charge in [-0.25, -0.2) is 4.98 Å². The Morgan fingerprint density at radius 1 is 0.810 bits per heavy atom. The lowest BCUT2D eigenvalue weighted by molar-refractivity contribution is 0.973. The molecule has 0 aliphatic carbocycles. The molecule has 0 spiro atoms. The Labute approximate surface area is 120 Å². The summed E-state index contributed by atoms with van der Waals surface area (Å²) < 4.78 is 4.30. The van der Waals surface area contributed by atoms with E-state index in [1.54, 1.807) is 0 Å². The molecule has 0 saturated carbocycles. The summed E-state index contributed by atoms with van der Waals surface area (Å²) in [6, 6.07) is 18.7. The third-order valence-corrected chi connectivity index (χ3v) is 4.12. The quantitative estimate of drug-likeness (QED) is 0.432. The van der Waals surface area contributed by atoms with Crippen LogP contribution in [0, 0.1) is 0 Å². The van der Waals surface area contributed by atoms with Gasteiger partial charge in [-0.1, -0.05) is 30.3 Å². The molecule has 5 aromatic rings. The van der Waals surface area contributed by atoms with E-state index < -0.39 is 0 Å². The van der Waals surface area contributed by atoms with Crippen molar-refractivity contribution >= 4 is 38.9 Å². The van der Waals surface area contributed by atoms with E-state index in [9.17, 15) is 0 Å². The molecular weight excluding hydrogens is 260 g/mol. The average molecular weight is 272 g/mol. The van der Waals surface area contributed by atoms with Crippen molar-refractivity contribution in [3.63, 3.8) is 0 Å². The molecule has 0 atom stereocenters. The van der Waals surface area contributed by atoms with Crippen LogP contribution in [0.15, 0.2) is 54.6 Å². The zero-order valence-corrected chi connectivity index (χ0v) is 11.5. The van der Waals surface area contributed by atoms with Gasteiger partial charge in [0.05, 0.1) is 22.1 Å². The van der Waals surface area contributed by atoms with Crippen LogP contribution in [0.25, 0.3) is 38.9 Å². The second kappa shape index (κ2) is 3.61. The zero-order valence-electron chi connectivity index (χ0n) is 11.5. The first-order valence-electron chi connectivity index (χ1n) is 6.94. The lowest BCUT2D eigenvalue weighted by Gasteiger charge is -1.98. The van der Waals surface area contributed by atoms with E-state index in [1.807, 2.05) is 25.2 Å². The minimum atomic E-state index is 0.796. The highest BCUT2D eigenvalue weighted by Gasteiger charge is 2.14. The summed E-state index contributed by atoms with van der Waals surface area (Å²) in [5, 5.41) is 1.14. The largest absolute Gasteiger partial charge is 0.313 e. The van der Waals surface area contributed by atoms with E-state index in [-0.39, 0.29) is 0 Å². The van der Waals surface area contributed by atoms with E-state index in [0.29, 0.717) is 0 Å². The van der Waals surface area contributed by atoms with Crippen LogP contribution < -0.4 is 0 Å². The van der Waals surface area contributed by atoms with Gasteiger partial charge in [-0.2, -0.15) is 4.98 Å². The number of hydrogen-bond acceptors (Lipinski definition) is 2. The van der Waals surface area contributed by atoms with E-state index in [1.165, 1.54) is 5.52 Å². The van der Waals surface area contributed by atoms with Gasteiger partial charge in [-0.3, -0.25) is 4.40 Å². The molecular formula is C17H12N4. The van der Waals surface area contributed by atoms with Crippen molar-refractivity contribution in [1.82, 2.24) is 18.9 Å². The smallest absolute Gasteiger partial charge is 0.217 e. The number of aryl methyl sites for hydroxylation is 1. The maximum absolute atomic E-state index is 4.72. The molecule has 0 saturated heterocycles. The van der Waals surface area contributed by atoms with Crippen molar-refractivity contribution in [2.24, 2.45) is 7.05 Å². The van der Waals surface area contributed by atoms with E-state index in [2.05, 4.69) is 50.3 Å². The molecule has 4 heteroatoms. The molecule has 0 radical (unpaired) electrons. The predicted octanol–water partition coefficient (Wildman–Crippen LogP) is 3.53. The molecule has 4 nitrogen and oxygen atoms in total. The molecule has 0 unspecified atom stereocenters. The molecule has 21 heavy (non-hydrogen) atoms. The van der Waals surface area contributed by atoms with Crippen molar-refractivity contribution in [2.75, 3.05) is 0 Å². The Kier molecular flexibility index (Phi) is 1.86. The van der Waals surface area contributed by atoms with Crippen molar-refractivity contribution in [3.05, 3.63) is 54.6 Å². The van der Waals surface area contributed by atoms with Gasteiger partial charge in [0.25, 0.3) is 0 Å². The van der Waals surface area contributed by atoms with Crippen LogP contribution in [0.1, 0.15) is 0 Å². The van der Waals surface area contributed by atoms with Crippen LogP contribution in [-0.4, -0.2) is 18.9 Å². The number of benzene rings is 2.